The van der Waals surface area contributed by atoms with Crippen molar-refractivity contribution >= 4 is 5.91 Å². The Labute approximate surface area is 202 Å². The van der Waals surface area contributed by atoms with Gasteiger partial charge < -0.3 is 18.8 Å². The molecule has 1 unspecified atom stereocenters. The fourth-order valence-corrected chi connectivity index (χ4v) is 5.10. The summed E-state index contributed by atoms with van der Waals surface area (Å²) in [7, 11) is 1.65. The molecular formula is C29H35NO4. The molecule has 4 rings (SSSR count). The third-order valence-electron chi connectivity index (χ3n) is 6.91. The zero-order chi connectivity index (χ0) is 24.2. The molecule has 0 aliphatic carbocycles. The molecule has 1 fully saturated rings. The maximum Gasteiger partial charge on any atom is 0.289 e. The third kappa shape index (κ3) is 5.53. The number of furan rings is 1. The molecule has 180 valence electrons. The average Bonchev–Trinajstić information content (AvgIpc) is 3.36. The van der Waals surface area contributed by atoms with Crippen molar-refractivity contribution in [3.8, 4) is 5.75 Å². The van der Waals surface area contributed by atoms with Crippen molar-refractivity contribution in [2.75, 3.05) is 20.3 Å². The van der Waals surface area contributed by atoms with Gasteiger partial charge in [-0.15, -0.1) is 0 Å². The molecule has 1 aliphatic rings. The molecule has 34 heavy (non-hydrogen) atoms. The van der Waals surface area contributed by atoms with Crippen LogP contribution in [0.25, 0.3) is 0 Å². The summed E-state index contributed by atoms with van der Waals surface area (Å²) in [5.74, 6) is 1.08. The minimum absolute atomic E-state index is 0.0585. The van der Waals surface area contributed by atoms with E-state index in [0.717, 1.165) is 30.6 Å². The highest BCUT2D eigenvalue weighted by Gasteiger charge is 2.42. The molecule has 3 aromatic rings. The predicted octanol–water partition coefficient (Wildman–Crippen LogP) is 6.16. The zero-order valence-corrected chi connectivity index (χ0v) is 20.7. The van der Waals surface area contributed by atoms with Gasteiger partial charge in [0.05, 0.1) is 19.0 Å². The van der Waals surface area contributed by atoms with E-state index in [1.807, 2.05) is 29.2 Å². The summed E-state index contributed by atoms with van der Waals surface area (Å²) in [6.45, 7) is 8.29. The van der Waals surface area contributed by atoms with Crippen LogP contribution in [0.5, 0.6) is 5.75 Å². The quantitative estimate of drug-likeness (QED) is 0.403. The van der Waals surface area contributed by atoms with E-state index in [9.17, 15) is 4.79 Å². The van der Waals surface area contributed by atoms with Crippen molar-refractivity contribution in [2.24, 2.45) is 0 Å². The van der Waals surface area contributed by atoms with Gasteiger partial charge in [0.25, 0.3) is 5.91 Å². The third-order valence-corrected chi connectivity index (χ3v) is 6.91. The number of rotatable bonds is 8. The van der Waals surface area contributed by atoms with Crippen molar-refractivity contribution in [1.82, 2.24) is 4.90 Å². The molecule has 0 saturated carbocycles. The molecule has 2 aromatic carbocycles. The Kier molecular flexibility index (Phi) is 7.13. The van der Waals surface area contributed by atoms with E-state index < -0.39 is 0 Å². The molecule has 5 nitrogen and oxygen atoms in total. The minimum atomic E-state index is -0.213. The smallest absolute Gasteiger partial charge is 0.289 e. The number of hydrogen-bond donors (Lipinski definition) is 0. The number of carbonyl (C=O) groups is 1. The average molecular weight is 462 g/mol. The van der Waals surface area contributed by atoms with Gasteiger partial charge in [0.15, 0.2) is 5.76 Å². The monoisotopic (exact) mass is 461 g/mol. The van der Waals surface area contributed by atoms with Gasteiger partial charge >= 0.3 is 0 Å². The first-order valence-corrected chi connectivity index (χ1v) is 12.0. The fourth-order valence-electron chi connectivity index (χ4n) is 5.10. The molecule has 0 N–H and O–H groups in total. The summed E-state index contributed by atoms with van der Waals surface area (Å²) in [6.07, 6.45) is 4.25. The number of carbonyl (C=O) groups excluding carboxylic acids is 1. The van der Waals surface area contributed by atoms with Gasteiger partial charge in [-0.2, -0.15) is 0 Å². The topological polar surface area (TPSA) is 51.9 Å². The molecule has 1 saturated heterocycles. The SMILES string of the molecule is COc1ccc(CN(CCC2(c3ccc(C)cc3)CCOC(C)(C)C2)C(=O)c2ccco2)cc1. The first-order chi connectivity index (χ1) is 16.3. The van der Waals surface area contributed by atoms with Crippen LogP contribution in [0.2, 0.25) is 0 Å². The summed E-state index contributed by atoms with van der Waals surface area (Å²) in [5, 5.41) is 0. The van der Waals surface area contributed by atoms with Crippen LogP contribution < -0.4 is 4.74 Å². The first-order valence-electron chi connectivity index (χ1n) is 12.0. The summed E-state index contributed by atoms with van der Waals surface area (Å²) < 4.78 is 16.8. The van der Waals surface area contributed by atoms with Crippen molar-refractivity contribution < 1.29 is 18.7 Å². The Hall–Kier alpha value is -3.05. The Bertz CT molecular complexity index is 1070. The van der Waals surface area contributed by atoms with E-state index in [-0.39, 0.29) is 16.9 Å². The summed E-state index contributed by atoms with van der Waals surface area (Å²) in [4.78, 5) is 15.3. The summed E-state index contributed by atoms with van der Waals surface area (Å²) in [6, 6.07) is 20.2. The number of nitrogens with zero attached hydrogens (tertiary/aromatic N) is 1. The van der Waals surface area contributed by atoms with Crippen LogP contribution in [0, 0.1) is 6.92 Å². The van der Waals surface area contributed by atoms with Crippen molar-refractivity contribution in [3.63, 3.8) is 0 Å². The molecule has 5 heteroatoms. The van der Waals surface area contributed by atoms with Crippen LogP contribution in [-0.4, -0.2) is 36.7 Å². The number of amides is 1. The van der Waals surface area contributed by atoms with Crippen LogP contribution in [0.15, 0.2) is 71.3 Å². The Morgan fingerprint density at radius 2 is 1.79 bits per heavy atom. The number of aryl methyl sites for hydroxylation is 1. The van der Waals surface area contributed by atoms with E-state index in [1.165, 1.54) is 11.1 Å². The van der Waals surface area contributed by atoms with Crippen LogP contribution in [-0.2, 0) is 16.7 Å². The van der Waals surface area contributed by atoms with Crippen LogP contribution >= 0.6 is 0 Å². The largest absolute Gasteiger partial charge is 0.497 e. The second-order valence-electron chi connectivity index (χ2n) is 9.98. The van der Waals surface area contributed by atoms with E-state index >= 15 is 0 Å². The van der Waals surface area contributed by atoms with Crippen LogP contribution in [0.1, 0.15) is 60.4 Å². The molecular weight excluding hydrogens is 426 g/mol. The Balaban J connectivity index is 1.61. The number of hydrogen-bond acceptors (Lipinski definition) is 4. The van der Waals surface area contributed by atoms with Gasteiger partial charge in [-0.3, -0.25) is 4.79 Å². The maximum absolute atomic E-state index is 13.4. The van der Waals surface area contributed by atoms with Crippen molar-refractivity contribution in [2.45, 2.75) is 57.6 Å². The van der Waals surface area contributed by atoms with Gasteiger partial charge in [0.1, 0.15) is 5.75 Å². The number of ether oxygens (including phenoxy) is 2. The molecule has 1 aliphatic heterocycles. The van der Waals surface area contributed by atoms with Gasteiger partial charge in [0.2, 0.25) is 0 Å². The first kappa shape index (κ1) is 24.1. The maximum atomic E-state index is 13.4. The lowest BCUT2D eigenvalue weighted by atomic mass is 9.67. The lowest BCUT2D eigenvalue weighted by Crippen LogP contribution is -2.46. The highest BCUT2D eigenvalue weighted by atomic mass is 16.5. The highest BCUT2D eigenvalue weighted by Crippen LogP contribution is 2.44. The standard InChI is InChI=1S/C29H35NO4/c1-22-7-11-24(12-8-22)29(16-19-34-28(2,3)21-29)15-17-30(27(31)26-6-5-18-33-26)20-23-9-13-25(32-4)14-10-23/h5-14,18H,15-17,19-21H2,1-4H3. The summed E-state index contributed by atoms with van der Waals surface area (Å²) >= 11 is 0. The van der Waals surface area contributed by atoms with Crippen LogP contribution in [0.3, 0.4) is 0 Å². The Morgan fingerprint density at radius 3 is 2.41 bits per heavy atom. The minimum Gasteiger partial charge on any atom is -0.497 e. The van der Waals surface area contributed by atoms with E-state index in [4.69, 9.17) is 13.9 Å². The van der Waals surface area contributed by atoms with E-state index in [0.29, 0.717) is 25.5 Å². The van der Waals surface area contributed by atoms with Gasteiger partial charge in [-0.1, -0.05) is 42.0 Å². The summed E-state index contributed by atoms with van der Waals surface area (Å²) in [5.41, 5.74) is 3.35. The molecule has 2 heterocycles. The number of methoxy groups -OCH3 is 1. The van der Waals surface area contributed by atoms with Gasteiger partial charge in [-0.25, -0.2) is 0 Å². The predicted molar refractivity (Wildman–Crippen MR) is 133 cm³/mol. The molecule has 0 bridgehead atoms. The van der Waals surface area contributed by atoms with Crippen LogP contribution in [0.4, 0.5) is 0 Å². The van der Waals surface area contributed by atoms with Gasteiger partial charge in [-0.05, 0) is 75.4 Å². The number of benzene rings is 2. The zero-order valence-electron chi connectivity index (χ0n) is 20.7. The molecule has 1 amide bonds. The van der Waals surface area contributed by atoms with E-state index in [1.54, 1.807) is 25.5 Å². The Morgan fingerprint density at radius 1 is 1.06 bits per heavy atom. The van der Waals surface area contributed by atoms with Crippen molar-refractivity contribution in [3.05, 3.63) is 89.4 Å². The fraction of sp³-hybridized carbons (Fsp3) is 0.414. The molecule has 0 spiro atoms. The molecule has 1 atom stereocenters. The van der Waals surface area contributed by atoms with Crippen molar-refractivity contribution in [1.29, 1.82) is 0 Å². The van der Waals surface area contributed by atoms with E-state index in [2.05, 4.69) is 45.0 Å². The second-order valence-corrected chi connectivity index (χ2v) is 9.98. The lowest BCUT2D eigenvalue weighted by Gasteiger charge is -2.46. The highest BCUT2D eigenvalue weighted by molar-refractivity contribution is 5.91. The second kappa shape index (κ2) is 10.1. The molecule has 1 aromatic heterocycles. The lowest BCUT2D eigenvalue weighted by molar-refractivity contribution is -0.0850. The normalized spacial score (nSPS) is 19.5. The molecule has 0 radical (unpaired) electrons. The van der Waals surface area contributed by atoms with Gasteiger partial charge in [0, 0.05) is 25.1 Å².